The number of nitrogens with one attached hydrogen (secondary N) is 1. The van der Waals surface area contributed by atoms with Gasteiger partial charge in [0.05, 0.1) is 18.2 Å². The van der Waals surface area contributed by atoms with E-state index >= 15 is 0 Å². The molecule has 23 heavy (non-hydrogen) atoms. The zero-order valence-corrected chi connectivity index (χ0v) is 14.1. The second kappa shape index (κ2) is 8.77. The summed E-state index contributed by atoms with van der Waals surface area (Å²) in [6, 6.07) is 13.6. The molecular weight excluding hydrogens is 314 g/mol. The van der Waals surface area contributed by atoms with E-state index in [1.807, 2.05) is 42.5 Å². The van der Waals surface area contributed by atoms with Crippen LogP contribution in [0.15, 0.2) is 42.5 Å². The second-order valence-corrected chi connectivity index (χ2v) is 5.77. The van der Waals surface area contributed by atoms with Crippen LogP contribution in [0.25, 0.3) is 0 Å². The van der Waals surface area contributed by atoms with Crippen LogP contribution in [-0.4, -0.2) is 24.9 Å². The summed E-state index contributed by atoms with van der Waals surface area (Å²) in [5, 5.41) is 12.9. The fourth-order valence-corrected chi connectivity index (χ4v) is 2.46. The minimum atomic E-state index is -0.388. The number of hydrogen-bond donors (Lipinski definition) is 2. The van der Waals surface area contributed by atoms with Gasteiger partial charge in [0.1, 0.15) is 6.61 Å². The average molecular weight is 336 g/mol. The summed E-state index contributed by atoms with van der Waals surface area (Å²) in [4.78, 5) is 0. The van der Waals surface area contributed by atoms with Gasteiger partial charge in [-0.05, 0) is 30.2 Å². The number of rotatable bonds is 8. The number of aliphatic hydroxyl groups excluding tert-OH is 1. The Morgan fingerprint density at radius 3 is 2.57 bits per heavy atom. The van der Waals surface area contributed by atoms with Gasteiger partial charge in [-0.1, -0.05) is 41.9 Å². The summed E-state index contributed by atoms with van der Waals surface area (Å²) in [7, 11) is 1.59. The number of halogens is 1. The minimum Gasteiger partial charge on any atom is -0.493 e. The average Bonchev–Trinajstić information content (AvgIpc) is 2.54. The Morgan fingerprint density at radius 2 is 1.91 bits per heavy atom. The van der Waals surface area contributed by atoms with E-state index in [1.165, 1.54) is 0 Å². The Kier molecular flexibility index (Phi) is 6.71. The first-order chi connectivity index (χ1) is 11.1. The van der Waals surface area contributed by atoms with E-state index in [9.17, 15) is 5.11 Å². The van der Waals surface area contributed by atoms with Crippen LogP contribution in [0, 0.1) is 0 Å². The van der Waals surface area contributed by atoms with Gasteiger partial charge >= 0.3 is 0 Å². The Bertz CT molecular complexity index is 617. The van der Waals surface area contributed by atoms with Crippen molar-refractivity contribution >= 4 is 11.6 Å². The lowest BCUT2D eigenvalue weighted by atomic mass is 10.2. The van der Waals surface area contributed by atoms with Crippen LogP contribution >= 0.6 is 11.6 Å². The smallest absolute Gasteiger partial charge is 0.180 e. The Morgan fingerprint density at radius 1 is 1.17 bits per heavy atom. The molecular formula is C18H22ClNO3. The summed E-state index contributed by atoms with van der Waals surface area (Å²) in [5.74, 6) is 1.14. The van der Waals surface area contributed by atoms with Crippen molar-refractivity contribution in [3.8, 4) is 11.5 Å². The summed E-state index contributed by atoms with van der Waals surface area (Å²) in [6.07, 6.45) is -0.388. The molecule has 0 unspecified atom stereocenters. The van der Waals surface area contributed by atoms with Crippen molar-refractivity contribution in [1.29, 1.82) is 0 Å². The minimum absolute atomic E-state index is 0.388. The van der Waals surface area contributed by atoms with Crippen molar-refractivity contribution in [3.63, 3.8) is 0 Å². The van der Waals surface area contributed by atoms with Gasteiger partial charge in [0, 0.05) is 13.1 Å². The molecule has 0 fully saturated rings. The summed E-state index contributed by atoms with van der Waals surface area (Å²) < 4.78 is 11.2. The van der Waals surface area contributed by atoms with E-state index in [0.717, 1.165) is 11.1 Å². The molecule has 0 saturated carbocycles. The maximum Gasteiger partial charge on any atom is 0.180 e. The number of hydrogen-bond acceptors (Lipinski definition) is 4. The molecule has 2 aromatic rings. The van der Waals surface area contributed by atoms with Gasteiger partial charge in [-0.15, -0.1) is 0 Å². The van der Waals surface area contributed by atoms with E-state index in [1.54, 1.807) is 14.0 Å². The highest BCUT2D eigenvalue weighted by molar-refractivity contribution is 6.32. The first kappa shape index (κ1) is 17.6. The molecule has 0 bridgehead atoms. The van der Waals surface area contributed by atoms with Crippen LogP contribution < -0.4 is 14.8 Å². The lowest BCUT2D eigenvalue weighted by molar-refractivity contribution is 0.191. The number of benzene rings is 2. The van der Waals surface area contributed by atoms with Crippen LogP contribution in [-0.2, 0) is 13.2 Å². The zero-order valence-electron chi connectivity index (χ0n) is 13.4. The number of ether oxygens (including phenoxy) is 2. The van der Waals surface area contributed by atoms with Crippen LogP contribution in [0.5, 0.6) is 11.5 Å². The summed E-state index contributed by atoms with van der Waals surface area (Å²) >= 11 is 6.34. The van der Waals surface area contributed by atoms with Crippen LogP contribution in [0.2, 0.25) is 5.02 Å². The first-order valence-electron chi connectivity index (χ1n) is 7.52. The zero-order chi connectivity index (χ0) is 16.7. The largest absolute Gasteiger partial charge is 0.493 e. The molecule has 2 aromatic carbocycles. The second-order valence-electron chi connectivity index (χ2n) is 5.36. The number of methoxy groups -OCH3 is 1. The van der Waals surface area contributed by atoms with E-state index in [-0.39, 0.29) is 6.10 Å². The molecule has 1 atom stereocenters. The Balaban J connectivity index is 2.07. The molecule has 0 aliphatic heterocycles. The van der Waals surface area contributed by atoms with Crippen molar-refractivity contribution in [2.24, 2.45) is 0 Å². The third-order valence-corrected chi connectivity index (χ3v) is 3.56. The van der Waals surface area contributed by atoms with Gasteiger partial charge in [0.2, 0.25) is 0 Å². The summed E-state index contributed by atoms with van der Waals surface area (Å²) in [5.41, 5.74) is 2.04. The van der Waals surface area contributed by atoms with Crippen LogP contribution in [0.3, 0.4) is 0 Å². The molecule has 0 heterocycles. The van der Waals surface area contributed by atoms with Gasteiger partial charge in [-0.3, -0.25) is 0 Å². The highest BCUT2D eigenvalue weighted by atomic mass is 35.5. The van der Waals surface area contributed by atoms with Gasteiger partial charge < -0.3 is 19.9 Å². The maximum absolute atomic E-state index is 9.27. The van der Waals surface area contributed by atoms with E-state index < -0.39 is 0 Å². The molecule has 0 aliphatic rings. The van der Waals surface area contributed by atoms with Crippen molar-refractivity contribution in [3.05, 3.63) is 58.6 Å². The lowest BCUT2D eigenvalue weighted by Gasteiger charge is -2.15. The molecule has 0 saturated heterocycles. The van der Waals surface area contributed by atoms with Gasteiger partial charge in [-0.2, -0.15) is 0 Å². The fourth-order valence-electron chi connectivity index (χ4n) is 2.17. The van der Waals surface area contributed by atoms with Crippen molar-refractivity contribution in [2.75, 3.05) is 13.7 Å². The summed E-state index contributed by atoms with van der Waals surface area (Å²) in [6.45, 7) is 3.28. The molecule has 0 amide bonds. The molecule has 2 rings (SSSR count). The predicted molar refractivity (Wildman–Crippen MR) is 92.2 cm³/mol. The van der Waals surface area contributed by atoms with Gasteiger partial charge in [-0.25, -0.2) is 0 Å². The topological polar surface area (TPSA) is 50.7 Å². The van der Waals surface area contributed by atoms with E-state index in [2.05, 4.69) is 5.32 Å². The molecule has 0 spiro atoms. The van der Waals surface area contributed by atoms with Crippen LogP contribution in [0.1, 0.15) is 18.1 Å². The van der Waals surface area contributed by atoms with E-state index in [4.69, 9.17) is 21.1 Å². The fraction of sp³-hybridized carbons (Fsp3) is 0.333. The maximum atomic E-state index is 9.27. The molecule has 0 aliphatic carbocycles. The quantitative estimate of drug-likeness (QED) is 0.776. The van der Waals surface area contributed by atoms with Gasteiger partial charge in [0.15, 0.2) is 11.5 Å². The molecule has 124 valence electrons. The predicted octanol–water partition coefficient (Wildman–Crippen LogP) is 3.40. The highest BCUT2D eigenvalue weighted by Gasteiger charge is 2.12. The first-order valence-corrected chi connectivity index (χ1v) is 7.90. The Hall–Kier alpha value is -1.75. The molecule has 4 nitrogen and oxygen atoms in total. The number of aliphatic hydroxyl groups is 1. The molecule has 0 radical (unpaired) electrons. The van der Waals surface area contributed by atoms with Crippen LogP contribution in [0.4, 0.5) is 0 Å². The normalized spacial score (nSPS) is 12.0. The van der Waals surface area contributed by atoms with Crippen molar-refractivity contribution < 1.29 is 14.6 Å². The van der Waals surface area contributed by atoms with Gasteiger partial charge in [0.25, 0.3) is 0 Å². The standard InChI is InChI=1S/C18H22ClNO3/c1-13(21)10-20-11-15-8-16(19)18(17(9-15)22-2)23-12-14-6-4-3-5-7-14/h3-9,13,20-21H,10-12H2,1-2H3/t13-/m0/s1. The third kappa shape index (κ3) is 5.43. The van der Waals surface area contributed by atoms with Crippen molar-refractivity contribution in [2.45, 2.75) is 26.2 Å². The lowest BCUT2D eigenvalue weighted by Crippen LogP contribution is -2.23. The van der Waals surface area contributed by atoms with E-state index in [0.29, 0.717) is 36.2 Å². The molecule has 0 aromatic heterocycles. The SMILES string of the molecule is COc1cc(CNC[C@H](C)O)cc(Cl)c1OCc1ccccc1. The third-order valence-electron chi connectivity index (χ3n) is 3.28. The highest BCUT2D eigenvalue weighted by Crippen LogP contribution is 2.36. The molecule has 2 N–H and O–H groups in total. The molecule has 5 heteroatoms. The monoisotopic (exact) mass is 335 g/mol. The Labute approximate surface area is 142 Å². The van der Waals surface area contributed by atoms with Crippen molar-refractivity contribution in [1.82, 2.24) is 5.32 Å².